The zero-order chi connectivity index (χ0) is 9.14. The molecule has 6 heteroatoms. The molecule has 12 heavy (non-hydrogen) atoms. The topological polar surface area (TPSA) is 65.3 Å². The summed E-state index contributed by atoms with van der Waals surface area (Å²) >= 11 is 5.45. The normalized spacial score (nSPS) is 9.50. The first-order chi connectivity index (χ1) is 5.65. The Morgan fingerprint density at radius 1 is 1.67 bits per heavy atom. The minimum Gasteiger partial charge on any atom is -0.489 e. The van der Waals surface area contributed by atoms with Crippen LogP contribution < -0.4 is 4.74 Å². The maximum Gasteiger partial charge on any atom is 0.407 e. The van der Waals surface area contributed by atoms with Crippen molar-refractivity contribution in [1.82, 2.24) is 4.98 Å². The highest BCUT2D eigenvalue weighted by Crippen LogP contribution is 2.25. The van der Waals surface area contributed by atoms with Crippen LogP contribution in [0.3, 0.4) is 0 Å². The first kappa shape index (κ1) is 8.73. The van der Waals surface area contributed by atoms with E-state index in [-0.39, 0.29) is 16.7 Å². The van der Waals surface area contributed by atoms with Crippen LogP contribution in [0.15, 0.2) is 12.1 Å². The molecule has 0 fully saturated rings. The van der Waals surface area contributed by atoms with Crippen molar-refractivity contribution in [2.24, 2.45) is 0 Å². The third-order valence-corrected chi connectivity index (χ3v) is 1.41. The van der Waals surface area contributed by atoms with Crippen LogP contribution in [0, 0.1) is 10.1 Å². The van der Waals surface area contributed by atoms with Crippen molar-refractivity contribution in [2.45, 2.75) is 0 Å². The quantitative estimate of drug-likeness (QED) is 0.402. The molecule has 0 unspecified atom stereocenters. The van der Waals surface area contributed by atoms with Gasteiger partial charge >= 0.3 is 5.82 Å². The van der Waals surface area contributed by atoms with Gasteiger partial charge in [0.25, 0.3) is 0 Å². The van der Waals surface area contributed by atoms with Crippen molar-refractivity contribution >= 4 is 17.4 Å². The molecule has 1 aromatic heterocycles. The van der Waals surface area contributed by atoms with Gasteiger partial charge < -0.3 is 14.9 Å². The summed E-state index contributed by atoms with van der Waals surface area (Å²) in [7, 11) is 1.33. The summed E-state index contributed by atoms with van der Waals surface area (Å²) in [5.41, 5.74) is 0. The van der Waals surface area contributed by atoms with Crippen molar-refractivity contribution in [1.29, 1.82) is 0 Å². The average Bonchev–Trinajstić information content (AvgIpc) is 2.04. The lowest BCUT2D eigenvalue weighted by atomic mass is 10.4. The van der Waals surface area contributed by atoms with E-state index in [4.69, 9.17) is 16.3 Å². The van der Waals surface area contributed by atoms with Crippen LogP contribution in [-0.2, 0) is 0 Å². The van der Waals surface area contributed by atoms with E-state index in [0.717, 1.165) is 0 Å². The van der Waals surface area contributed by atoms with Gasteiger partial charge in [0, 0.05) is 6.07 Å². The minimum absolute atomic E-state index is 0.0718. The van der Waals surface area contributed by atoms with E-state index in [2.05, 4.69) is 4.98 Å². The molecule has 0 aliphatic carbocycles. The van der Waals surface area contributed by atoms with Gasteiger partial charge in [0.15, 0.2) is 0 Å². The fourth-order valence-electron chi connectivity index (χ4n) is 0.703. The standard InChI is InChI=1S/C6H5ClN2O3/c1-12-4-2-3-5(7)8-6(4)9(10)11/h2-3H,1H3. The summed E-state index contributed by atoms with van der Waals surface area (Å²) in [5.74, 6) is -0.269. The number of methoxy groups -OCH3 is 1. The monoisotopic (exact) mass is 188 g/mol. The fourth-order valence-corrected chi connectivity index (χ4v) is 0.846. The Morgan fingerprint density at radius 2 is 2.33 bits per heavy atom. The van der Waals surface area contributed by atoms with Gasteiger partial charge in [-0.25, -0.2) is 0 Å². The maximum atomic E-state index is 10.3. The van der Waals surface area contributed by atoms with Gasteiger partial charge in [-0.05, 0) is 27.6 Å². The van der Waals surface area contributed by atoms with E-state index in [9.17, 15) is 10.1 Å². The van der Waals surface area contributed by atoms with Crippen molar-refractivity contribution in [3.63, 3.8) is 0 Å². The van der Waals surface area contributed by atoms with Gasteiger partial charge in [0.05, 0.1) is 7.11 Å². The summed E-state index contributed by atoms with van der Waals surface area (Å²) < 4.78 is 4.70. The van der Waals surface area contributed by atoms with E-state index < -0.39 is 4.92 Å². The number of rotatable bonds is 2. The van der Waals surface area contributed by atoms with E-state index in [1.807, 2.05) is 0 Å². The SMILES string of the molecule is COc1ccc(Cl)nc1[N+](=O)[O-]. The predicted molar refractivity (Wildman–Crippen MR) is 42.5 cm³/mol. The van der Waals surface area contributed by atoms with Crippen molar-refractivity contribution in [3.8, 4) is 5.75 Å². The number of aromatic nitrogens is 1. The predicted octanol–water partition coefficient (Wildman–Crippen LogP) is 1.65. The molecule has 64 valence electrons. The van der Waals surface area contributed by atoms with Crippen molar-refractivity contribution in [3.05, 3.63) is 27.4 Å². The smallest absolute Gasteiger partial charge is 0.407 e. The lowest BCUT2D eigenvalue weighted by Gasteiger charge is -1.98. The second-order valence-electron chi connectivity index (χ2n) is 1.92. The largest absolute Gasteiger partial charge is 0.489 e. The molecule has 0 aromatic carbocycles. The lowest BCUT2D eigenvalue weighted by molar-refractivity contribution is -0.390. The first-order valence-electron chi connectivity index (χ1n) is 3.00. The Kier molecular flexibility index (Phi) is 2.44. The van der Waals surface area contributed by atoms with Crippen LogP contribution >= 0.6 is 11.6 Å². The molecular weight excluding hydrogens is 184 g/mol. The van der Waals surface area contributed by atoms with Crippen LogP contribution in [0.1, 0.15) is 0 Å². The molecule has 0 saturated carbocycles. The summed E-state index contributed by atoms with van der Waals surface area (Å²) in [4.78, 5) is 13.2. The number of nitrogens with zero attached hydrogens (tertiary/aromatic N) is 2. The second kappa shape index (κ2) is 3.36. The van der Waals surface area contributed by atoms with Gasteiger partial charge in [0.2, 0.25) is 10.9 Å². The number of nitro groups is 1. The van der Waals surface area contributed by atoms with E-state index >= 15 is 0 Å². The van der Waals surface area contributed by atoms with Gasteiger partial charge in [-0.15, -0.1) is 0 Å². The number of hydrogen-bond donors (Lipinski definition) is 0. The molecule has 1 aromatic rings. The molecule has 0 saturated heterocycles. The molecule has 0 amide bonds. The Hall–Kier alpha value is -1.36. The van der Waals surface area contributed by atoms with Crippen molar-refractivity contribution in [2.75, 3.05) is 7.11 Å². The molecule has 0 radical (unpaired) electrons. The van der Waals surface area contributed by atoms with Crippen LogP contribution in [0.4, 0.5) is 5.82 Å². The molecule has 0 spiro atoms. The highest BCUT2D eigenvalue weighted by atomic mass is 35.5. The summed E-state index contributed by atoms with van der Waals surface area (Å²) in [6.45, 7) is 0. The average molecular weight is 189 g/mol. The molecule has 1 heterocycles. The van der Waals surface area contributed by atoms with E-state index in [0.29, 0.717) is 0 Å². The van der Waals surface area contributed by atoms with Gasteiger partial charge in [-0.1, -0.05) is 0 Å². The Balaban J connectivity index is 3.21. The highest BCUT2D eigenvalue weighted by Gasteiger charge is 2.16. The van der Waals surface area contributed by atoms with E-state index in [1.54, 1.807) is 0 Å². The molecule has 0 bridgehead atoms. The summed E-state index contributed by atoms with van der Waals surface area (Å²) in [6.07, 6.45) is 0. The Bertz CT molecular complexity index is 316. The molecule has 1 rings (SSSR count). The van der Waals surface area contributed by atoms with Crippen LogP contribution in [0.5, 0.6) is 5.75 Å². The van der Waals surface area contributed by atoms with Gasteiger partial charge in [-0.3, -0.25) is 0 Å². The molecule has 0 aliphatic rings. The fraction of sp³-hybridized carbons (Fsp3) is 0.167. The van der Waals surface area contributed by atoms with Crippen LogP contribution in [-0.4, -0.2) is 17.0 Å². The summed E-state index contributed by atoms with van der Waals surface area (Å²) in [5, 5.41) is 10.4. The zero-order valence-electron chi connectivity index (χ0n) is 6.15. The van der Waals surface area contributed by atoms with Gasteiger partial charge in [-0.2, -0.15) is 0 Å². The maximum absolute atomic E-state index is 10.3. The highest BCUT2D eigenvalue weighted by molar-refractivity contribution is 6.29. The second-order valence-corrected chi connectivity index (χ2v) is 2.30. The Labute approximate surface area is 73.1 Å². The van der Waals surface area contributed by atoms with Crippen LogP contribution in [0.25, 0.3) is 0 Å². The van der Waals surface area contributed by atoms with Crippen LogP contribution in [0.2, 0.25) is 5.15 Å². The van der Waals surface area contributed by atoms with E-state index in [1.165, 1.54) is 19.2 Å². The number of pyridine rings is 1. The molecule has 0 N–H and O–H groups in total. The molecule has 0 aliphatic heterocycles. The molecule has 0 atom stereocenters. The number of hydrogen-bond acceptors (Lipinski definition) is 4. The first-order valence-corrected chi connectivity index (χ1v) is 3.38. The number of halogens is 1. The lowest BCUT2D eigenvalue weighted by Crippen LogP contribution is -1.96. The van der Waals surface area contributed by atoms with Gasteiger partial charge in [0.1, 0.15) is 0 Å². The Morgan fingerprint density at radius 3 is 2.83 bits per heavy atom. The zero-order valence-corrected chi connectivity index (χ0v) is 6.91. The third-order valence-electron chi connectivity index (χ3n) is 1.20. The third kappa shape index (κ3) is 1.62. The summed E-state index contributed by atoms with van der Waals surface area (Å²) in [6, 6.07) is 2.82. The molecular formula is C6H5ClN2O3. The number of ether oxygens (including phenoxy) is 1. The minimum atomic E-state index is -0.648. The molecule has 5 nitrogen and oxygen atoms in total. The van der Waals surface area contributed by atoms with Crippen molar-refractivity contribution < 1.29 is 9.66 Å².